The van der Waals surface area contributed by atoms with E-state index in [-0.39, 0.29) is 5.92 Å². The van der Waals surface area contributed by atoms with Crippen LogP contribution in [-0.2, 0) is 6.54 Å². The number of hydrogen-bond acceptors (Lipinski definition) is 6. The zero-order valence-corrected chi connectivity index (χ0v) is 19.8. The highest BCUT2D eigenvalue weighted by atomic mass is 16.5. The van der Waals surface area contributed by atoms with E-state index in [1.807, 2.05) is 66.7 Å². The number of nitrogen functional groups attached to an aromatic ring is 1. The van der Waals surface area contributed by atoms with Gasteiger partial charge >= 0.3 is 0 Å². The second kappa shape index (κ2) is 11.8. The highest BCUT2D eigenvalue weighted by molar-refractivity contribution is 5.77. The number of benzene rings is 2. The Morgan fingerprint density at radius 3 is 2.77 bits per heavy atom. The van der Waals surface area contributed by atoms with Crippen molar-refractivity contribution in [2.24, 2.45) is 0 Å². The fourth-order valence-corrected chi connectivity index (χ4v) is 4.01. The Hall–Kier alpha value is -4.23. The smallest absolute Gasteiger partial charge is 0.178 e. The van der Waals surface area contributed by atoms with E-state index in [0.717, 1.165) is 41.1 Å². The minimum absolute atomic E-state index is 0.0886. The highest BCUT2D eigenvalue weighted by Crippen LogP contribution is 2.32. The number of allylic oxidation sites excluding steroid dienone is 5. The lowest BCUT2D eigenvalue weighted by atomic mass is 9.88. The van der Waals surface area contributed by atoms with Crippen LogP contribution < -0.4 is 15.8 Å². The van der Waals surface area contributed by atoms with Gasteiger partial charge in [-0.3, -0.25) is 0 Å². The standard InChI is InChI=1S/C28H30N6O/c1-3-4-6-11-20(2)23(24-18-26(29)31-28-27(24)32-34-33-28)16-17-30-19-21-12-9-10-15-25(21)35-22-13-7-5-8-14-22/h3-15,18,23,30H,1,16-17,19H2,2H3,(H3,29,31,32,33,34)/b6-4-,20-11+. The van der Waals surface area contributed by atoms with Crippen molar-refractivity contribution in [1.29, 1.82) is 0 Å². The molecule has 0 saturated carbocycles. The summed E-state index contributed by atoms with van der Waals surface area (Å²) in [5, 5.41) is 14.6. The van der Waals surface area contributed by atoms with Gasteiger partial charge in [-0.05, 0) is 49.7 Å². The van der Waals surface area contributed by atoms with Crippen molar-refractivity contribution < 1.29 is 4.74 Å². The molecule has 4 aromatic rings. The first kappa shape index (κ1) is 23.9. The van der Waals surface area contributed by atoms with Gasteiger partial charge in [-0.2, -0.15) is 0 Å². The van der Waals surface area contributed by atoms with Crippen LogP contribution in [0.4, 0.5) is 5.82 Å². The van der Waals surface area contributed by atoms with Crippen molar-refractivity contribution in [3.05, 3.63) is 108 Å². The van der Waals surface area contributed by atoms with E-state index in [1.54, 1.807) is 6.08 Å². The number of aromatic amines is 1. The SMILES string of the molecule is C=C/C=C\C=C(/C)C(CCNCc1ccccc1Oc1ccccc1)c1cc(N)nc2[nH]nnc12. The summed E-state index contributed by atoms with van der Waals surface area (Å²) in [6.07, 6.45) is 8.60. The Morgan fingerprint density at radius 1 is 1.14 bits per heavy atom. The number of para-hydroxylation sites is 2. The lowest BCUT2D eigenvalue weighted by Crippen LogP contribution is -2.18. The van der Waals surface area contributed by atoms with Gasteiger partial charge in [0.25, 0.3) is 0 Å². The minimum atomic E-state index is 0.0886. The van der Waals surface area contributed by atoms with Crippen LogP contribution in [0, 0.1) is 0 Å². The third-order valence-electron chi connectivity index (χ3n) is 5.75. The van der Waals surface area contributed by atoms with Crippen molar-refractivity contribution in [1.82, 2.24) is 25.7 Å². The molecule has 0 amide bonds. The molecule has 0 bridgehead atoms. The summed E-state index contributed by atoms with van der Waals surface area (Å²) in [6.45, 7) is 7.33. The molecule has 4 N–H and O–H groups in total. The van der Waals surface area contributed by atoms with E-state index in [2.05, 4.69) is 51.4 Å². The molecule has 2 aromatic carbocycles. The van der Waals surface area contributed by atoms with Gasteiger partial charge in [0.15, 0.2) is 5.65 Å². The third-order valence-corrected chi connectivity index (χ3v) is 5.75. The number of H-pyrrole nitrogens is 1. The first-order chi connectivity index (χ1) is 17.2. The van der Waals surface area contributed by atoms with Crippen molar-refractivity contribution in [2.45, 2.75) is 25.8 Å². The zero-order chi connectivity index (χ0) is 24.5. The molecule has 0 aliphatic rings. The number of aromatic nitrogens is 4. The zero-order valence-electron chi connectivity index (χ0n) is 19.8. The van der Waals surface area contributed by atoms with Crippen LogP contribution in [0.3, 0.4) is 0 Å². The number of fused-ring (bicyclic) bond motifs is 1. The highest BCUT2D eigenvalue weighted by Gasteiger charge is 2.19. The quantitative estimate of drug-likeness (QED) is 0.194. The van der Waals surface area contributed by atoms with E-state index in [1.165, 1.54) is 5.57 Å². The Bertz CT molecular complexity index is 1330. The number of anilines is 1. The Labute approximate surface area is 205 Å². The fourth-order valence-electron chi connectivity index (χ4n) is 4.01. The number of nitrogens with two attached hydrogens (primary N) is 1. The molecule has 0 aliphatic heterocycles. The van der Waals surface area contributed by atoms with Crippen molar-refractivity contribution in [2.75, 3.05) is 12.3 Å². The molecule has 35 heavy (non-hydrogen) atoms. The molecule has 2 heterocycles. The summed E-state index contributed by atoms with van der Waals surface area (Å²) in [7, 11) is 0. The molecular weight excluding hydrogens is 436 g/mol. The van der Waals surface area contributed by atoms with Crippen molar-refractivity contribution in [3.8, 4) is 11.5 Å². The fraction of sp³-hybridized carbons (Fsp3) is 0.179. The van der Waals surface area contributed by atoms with Crippen molar-refractivity contribution in [3.63, 3.8) is 0 Å². The summed E-state index contributed by atoms with van der Waals surface area (Å²) < 4.78 is 6.10. The van der Waals surface area contributed by atoms with Crippen LogP contribution in [-0.4, -0.2) is 26.9 Å². The number of nitrogens with one attached hydrogen (secondary N) is 2. The van der Waals surface area contributed by atoms with E-state index in [4.69, 9.17) is 10.5 Å². The Morgan fingerprint density at radius 2 is 1.94 bits per heavy atom. The summed E-state index contributed by atoms with van der Waals surface area (Å²) in [5.41, 5.74) is 10.7. The van der Waals surface area contributed by atoms with Gasteiger partial charge in [-0.25, -0.2) is 10.1 Å². The Kier molecular flexibility index (Phi) is 8.04. The molecular formula is C28H30N6O. The second-order valence-electron chi connectivity index (χ2n) is 8.22. The molecule has 178 valence electrons. The van der Waals surface area contributed by atoms with Crippen LogP contribution in [0.1, 0.15) is 30.4 Å². The van der Waals surface area contributed by atoms with Crippen LogP contribution in [0.2, 0.25) is 0 Å². The van der Waals surface area contributed by atoms with Gasteiger partial charge in [0.1, 0.15) is 22.8 Å². The molecule has 0 spiro atoms. The molecule has 7 heteroatoms. The topological polar surface area (TPSA) is 102 Å². The monoisotopic (exact) mass is 466 g/mol. The average molecular weight is 467 g/mol. The van der Waals surface area contributed by atoms with Gasteiger partial charge in [0.05, 0.1) is 0 Å². The van der Waals surface area contributed by atoms with Crippen LogP contribution in [0.15, 0.2) is 97.1 Å². The lowest BCUT2D eigenvalue weighted by Gasteiger charge is -2.19. The minimum Gasteiger partial charge on any atom is -0.457 e. The summed E-state index contributed by atoms with van der Waals surface area (Å²) in [5.74, 6) is 2.20. The normalized spacial score (nSPS) is 12.8. The van der Waals surface area contributed by atoms with Crippen LogP contribution in [0.5, 0.6) is 11.5 Å². The number of pyridine rings is 1. The number of hydrogen-bond donors (Lipinski definition) is 3. The third kappa shape index (κ3) is 6.22. The maximum Gasteiger partial charge on any atom is 0.178 e. The molecule has 1 atom stereocenters. The maximum absolute atomic E-state index is 6.10. The molecule has 0 saturated heterocycles. The number of ether oxygens (including phenoxy) is 1. The van der Waals surface area contributed by atoms with E-state index < -0.39 is 0 Å². The first-order valence-corrected chi connectivity index (χ1v) is 11.6. The summed E-state index contributed by atoms with van der Waals surface area (Å²) in [6, 6.07) is 19.8. The summed E-state index contributed by atoms with van der Waals surface area (Å²) in [4.78, 5) is 4.31. The molecule has 4 rings (SSSR count). The van der Waals surface area contributed by atoms with Gasteiger partial charge in [-0.1, -0.05) is 78.1 Å². The lowest BCUT2D eigenvalue weighted by molar-refractivity contribution is 0.472. The Balaban J connectivity index is 1.49. The molecule has 0 aliphatic carbocycles. The van der Waals surface area contributed by atoms with Crippen molar-refractivity contribution >= 4 is 17.0 Å². The van der Waals surface area contributed by atoms with E-state index in [9.17, 15) is 0 Å². The molecule has 0 fully saturated rings. The van der Waals surface area contributed by atoms with E-state index in [0.29, 0.717) is 18.0 Å². The van der Waals surface area contributed by atoms with Gasteiger partial charge in [0.2, 0.25) is 0 Å². The molecule has 0 radical (unpaired) electrons. The average Bonchev–Trinajstić information content (AvgIpc) is 3.34. The maximum atomic E-state index is 6.10. The largest absolute Gasteiger partial charge is 0.457 e. The first-order valence-electron chi connectivity index (χ1n) is 11.6. The van der Waals surface area contributed by atoms with Gasteiger partial charge in [0, 0.05) is 18.0 Å². The van der Waals surface area contributed by atoms with Crippen LogP contribution >= 0.6 is 0 Å². The molecule has 7 nitrogen and oxygen atoms in total. The second-order valence-corrected chi connectivity index (χ2v) is 8.22. The van der Waals surface area contributed by atoms with Gasteiger partial charge in [-0.15, -0.1) is 5.10 Å². The predicted octanol–water partition coefficient (Wildman–Crippen LogP) is 5.68. The molecule has 1 unspecified atom stereocenters. The number of rotatable bonds is 11. The summed E-state index contributed by atoms with van der Waals surface area (Å²) >= 11 is 0. The number of nitrogens with zero attached hydrogens (tertiary/aromatic N) is 3. The molecule has 2 aromatic heterocycles. The predicted molar refractivity (Wildman–Crippen MR) is 141 cm³/mol. The van der Waals surface area contributed by atoms with Crippen LogP contribution in [0.25, 0.3) is 11.2 Å². The van der Waals surface area contributed by atoms with Gasteiger partial charge < -0.3 is 15.8 Å². The van der Waals surface area contributed by atoms with E-state index >= 15 is 0 Å².